The number of phenols is 1. The summed E-state index contributed by atoms with van der Waals surface area (Å²) in [5, 5.41) is 9.71. The zero-order valence-corrected chi connectivity index (χ0v) is 10.7. The second kappa shape index (κ2) is 3.74. The van der Waals surface area contributed by atoms with Crippen LogP contribution in [-0.2, 0) is 11.8 Å². The lowest BCUT2D eigenvalue weighted by Crippen LogP contribution is -2.32. The van der Waals surface area contributed by atoms with Crippen LogP contribution < -0.4 is 0 Å². The van der Waals surface area contributed by atoms with Gasteiger partial charge in [-0.2, -0.15) is 0 Å². The summed E-state index contributed by atoms with van der Waals surface area (Å²) in [6, 6.07) is 5.96. The minimum Gasteiger partial charge on any atom is -0.508 e. The Bertz CT molecular complexity index is 443. The highest BCUT2D eigenvalue weighted by molar-refractivity contribution is 5.42. The fourth-order valence-corrected chi connectivity index (χ4v) is 3.77. The summed E-state index contributed by atoms with van der Waals surface area (Å²) >= 11 is 0. The normalized spacial score (nSPS) is 32.9. The number of phenolic OH excluding ortho intramolecular Hbond substituents is 1. The number of fused-ring (bicyclic) bond motifs is 4. The average molecular weight is 231 g/mol. The molecule has 0 radical (unpaired) electrons. The SMILES string of the molecule is CN1CC[C@]2(C)CC(Cc3ccc(O)cc32)C1. The van der Waals surface area contributed by atoms with Gasteiger partial charge in [-0.25, -0.2) is 0 Å². The van der Waals surface area contributed by atoms with Crippen molar-refractivity contribution in [3.05, 3.63) is 29.3 Å². The molecular weight excluding hydrogens is 210 g/mol. The number of rotatable bonds is 0. The number of hydrogen-bond acceptors (Lipinski definition) is 2. The van der Waals surface area contributed by atoms with Gasteiger partial charge in [0, 0.05) is 6.54 Å². The minimum atomic E-state index is 0.266. The van der Waals surface area contributed by atoms with Crippen molar-refractivity contribution < 1.29 is 5.11 Å². The van der Waals surface area contributed by atoms with Gasteiger partial charge in [0.15, 0.2) is 0 Å². The molecule has 17 heavy (non-hydrogen) atoms. The Morgan fingerprint density at radius 3 is 3.06 bits per heavy atom. The third-order valence-electron chi connectivity index (χ3n) is 4.61. The molecule has 2 heteroatoms. The van der Waals surface area contributed by atoms with E-state index in [1.807, 2.05) is 12.1 Å². The highest BCUT2D eigenvalue weighted by atomic mass is 16.3. The number of benzene rings is 1. The van der Waals surface area contributed by atoms with Crippen LogP contribution in [0, 0.1) is 5.92 Å². The first kappa shape index (κ1) is 11.1. The lowest BCUT2D eigenvalue weighted by atomic mass is 9.66. The van der Waals surface area contributed by atoms with Crippen molar-refractivity contribution in [1.29, 1.82) is 0 Å². The largest absolute Gasteiger partial charge is 0.508 e. The molecule has 2 aliphatic rings. The molecule has 2 bridgehead atoms. The molecule has 0 amide bonds. The molecule has 2 nitrogen and oxygen atoms in total. The van der Waals surface area contributed by atoms with E-state index >= 15 is 0 Å². The molecule has 0 spiro atoms. The molecular formula is C15H21NO. The molecule has 1 aromatic rings. The molecule has 92 valence electrons. The maximum Gasteiger partial charge on any atom is 0.115 e. The molecule has 1 saturated heterocycles. The Hall–Kier alpha value is -1.02. The molecule has 3 rings (SSSR count). The Balaban J connectivity index is 2.07. The number of aromatic hydroxyl groups is 1. The lowest BCUT2D eigenvalue weighted by Gasteiger charge is -2.38. The standard InChI is InChI=1S/C15H21NO/c1-15-5-6-16(2)10-11(9-15)7-12-3-4-13(17)8-14(12)15/h3-4,8,11,17H,5-7,9-10H2,1-2H3/t11?,15-/m1/s1. The van der Waals surface area contributed by atoms with Crippen LogP contribution in [0.25, 0.3) is 0 Å². The van der Waals surface area contributed by atoms with Gasteiger partial charge in [0.05, 0.1) is 0 Å². The maximum absolute atomic E-state index is 9.71. The molecule has 1 unspecified atom stereocenters. The first-order valence-electron chi connectivity index (χ1n) is 6.58. The zero-order chi connectivity index (χ0) is 12.0. The third-order valence-corrected chi connectivity index (χ3v) is 4.61. The molecule has 0 aromatic heterocycles. The first-order valence-corrected chi connectivity index (χ1v) is 6.58. The van der Waals surface area contributed by atoms with Crippen molar-refractivity contribution in [2.75, 3.05) is 20.1 Å². The summed E-state index contributed by atoms with van der Waals surface area (Å²) in [6.07, 6.45) is 3.65. The van der Waals surface area contributed by atoms with Gasteiger partial charge < -0.3 is 10.0 Å². The van der Waals surface area contributed by atoms with E-state index in [0.29, 0.717) is 5.75 Å². The Kier molecular flexibility index (Phi) is 2.44. The summed E-state index contributed by atoms with van der Waals surface area (Å²) in [4.78, 5) is 2.46. The van der Waals surface area contributed by atoms with E-state index in [4.69, 9.17) is 0 Å². The molecule has 1 heterocycles. The maximum atomic E-state index is 9.71. The summed E-state index contributed by atoms with van der Waals surface area (Å²) in [5.41, 5.74) is 3.11. The summed E-state index contributed by atoms with van der Waals surface area (Å²) < 4.78 is 0. The second-order valence-corrected chi connectivity index (χ2v) is 6.19. The molecule has 1 aliphatic carbocycles. The van der Waals surface area contributed by atoms with Gasteiger partial charge in [-0.1, -0.05) is 13.0 Å². The fourth-order valence-electron chi connectivity index (χ4n) is 3.77. The van der Waals surface area contributed by atoms with Gasteiger partial charge in [0.2, 0.25) is 0 Å². The predicted octanol–water partition coefficient (Wildman–Crippen LogP) is 2.55. The van der Waals surface area contributed by atoms with E-state index in [9.17, 15) is 5.11 Å². The summed E-state index contributed by atoms with van der Waals surface area (Å²) in [5.74, 6) is 1.20. The van der Waals surface area contributed by atoms with Crippen molar-refractivity contribution in [3.8, 4) is 5.75 Å². The van der Waals surface area contributed by atoms with E-state index in [0.717, 1.165) is 5.92 Å². The topological polar surface area (TPSA) is 23.5 Å². The van der Waals surface area contributed by atoms with Gasteiger partial charge in [0.25, 0.3) is 0 Å². The van der Waals surface area contributed by atoms with Crippen LogP contribution in [0.2, 0.25) is 0 Å². The Morgan fingerprint density at radius 2 is 2.24 bits per heavy atom. The molecule has 1 N–H and O–H groups in total. The third kappa shape index (κ3) is 1.85. The van der Waals surface area contributed by atoms with Gasteiger partial charge in [-0.3, -0.25) is 0 Å². The van der Waals surface area contributed by atoms with E-state index in [2.05, 4.69) is 24.9 Å². The van der Waals surface area contributed by atoms with E-state index in [1.54, 1.807) is 0 Å². The molecule has 1 aliphatic heterocycles. The smallest absolute Gasteiger partial charge is 0.115 e. The molecule has 1 aromatic carbocycles. The molecule has 2 atom stereocenters. The van der Waals surface area contributed by atoms with Crippen molar-refractivity contribution in [2.45, 2.75) is 31.6 Å². The highest BCUT2D eigenvalue weighted by Gasteiger charge is 2.39. The van der Waals surface area contributed by atoms with Crippen LogP contribution in [0.15, 0.2) is 18.2 Å². The summed E-state index contributed by atoms with van der Waals surface area (Å²) in [6.45, 7) is 4.76. The lowest BCUT2D eigenvalue weighted by molar-refractivity contribution is 0.289. The van der Waals surface area contributed by atoms with Crippen LogP contribution >= 0.6 is 0 Å². The Labute approximate surface area is 103 Å². The number of likely N-dealkylation sites (tertiary alicyclic amines) is 1. The fraction of sp³-hybridized carbons (Fsp3) is 0.600. The van der Waals surface area contributed by atoms with Crippen LogP contribution in [0.4, 0.5) is 0 Å². The summed E-state index contributed by atoms with van der Waals surface area (Å²) in [7, 11) is 2.23. The van der Waals surface area contributed by atoms with Gasteiger partial charge in [0.1, 0.15) is 5.75 Å². The van der Waals surface area contributed by atoms with Gasteiger partial charge in [-0.15, -0.1) is 0 Å². The van der Waals surface area contributed by atoms with Crippen molar-refractivity contribution >= 4 is 0 Å². The molecule has 0 saturated carbocycles. The van der Waals surface area contributed by atoms with Gasteiger partial charge in [-0.05, 0) is 67.4 Å². The van der Waals surface area contributed by atoms with Crippen molar-refractivity contribution in [3.63, 3.8) is 0 Å². The monoisotopic (exact) mass is 231 g/mol. The van der Waals surface area contributed by atoms with Crippen LogP contribution in [0.1, 0.15) is 30.9 Å². The van der Waals surface area contributed by atoms with Crippen molar-refractivity contribution in [1.82, 2.24) is 4.90 Å². The highest BCUT2D eigenvalue weighted by Crippen LogP contribution is 2.45. The van der Waals surface area contributed by atoms with Crippen molar-refractivity contribution in [2.24, 2.45) is 5.92 Å². The number of nitrogens with zero attached hydrogens (tertiary/aromatic N) is 1. The quantitative estimate of drug-likeness (QED) is 0.741. The Morgan fingerprint density at radius 1 is 1.41 bits per heavy atom. The first-order chi connectivity index (χ1) is 8.07. The minimum absolute atomic E-state index is 0.266. The van der Waals surface area contributed by atoms with Crippen LogP contribution in [-0.4, -0.2) is 30.1 Å². The zero-order valence-electron chi connectivity index (χ0n) is 10.7. The van der Waals surface area contributed by atoms with E-state index < -0.39 is 0 Å². The van der Waals surface area contributed by atoms with E-state index in [-0.39, 0.29) is 5.41 Å². The van der Waals surface area contributed by atoms with Crippen LogP contribution in [0.5, 0.6) is 5.75 Å². The predicted molar refractivity (Wildman–Crippen MR) is 69.4 cm³/mol. The second-order valence-electron chi connectivity index (χ2n) is 6.19. The van der Waals surface area contributed by atoms with Crippen LogP contribution in [0.3, 0.4) is 0 Å². The molecule has 1 fully saturated rings. The van der Waals surface area contributed by atoms with E-state index in [1.165, 1.54) is 43.5 Å². The number of hydrogen-bond donors (Lipinski definition) is 1. The average Bonchev–Trinajstić information content (AvgIpc) is 2.39. The van der Waals surface area contributed by atoms with Gasteiger partial charge >= 0.3 is 0 Å².